The van der Waals surface area contributed by atoms with Crippen molar-refractivity contribution >= 4 is 22.5 Å². The first-order valence-electron chi connectivity index (χ1n) is 6.16. The molecule has 0 fully saturated rings. The first-order chi connectivity index (χ1) is 9.65. The summed E-state index contributed by atoms with van der Waals surface area (Å²) in [6, 6.07) is 5.29. The predicted molar refractivity (Wildman–Crippen MR) is 75.0 cm³/mol. The average molecular weight is 270 g/mol. The zero-order valence-electron chi connectivity index (χ0n) is 10.9. The third-order valence-electron chi connectivity index (χ3n) is 3.18. The molecule has 0 saturated heterocycles. The smallest absolute Gasteiger partial charge is 0.272 e. The van der Waals surface area contributed by atoms with E-state index in [-0.39, 0.29) is 5.91 Å². The van der Waals surface area contributed by atoms with E-state index in [2.05, 4.69) is 25.7 Å². The number of hydrogen-bond donors (Lipinski definition) is 4. The Bertz CT molecular complexity index is 772. The molecule has 0 spiro atoms. The van der Waals surface area contributed by atoms with Crippen LogP contribution in [0.3, 0.4) is 0 Å². The fourth-order valence-electron chi connectivity index (χ4n) is 2.02. The van der Waals surface area contributed by atoms with Gasteiger partial charge in [-0.05, 0) is 25.1 Å². The van der Waals surface area contributed by atoms with Gasteiger partial charge in [0.2, 0.25) is 0 Å². The second kappa shape index (κ2) is 4.69. The molecular formula is C13H14N6O. The number of hydrogen-bond acceptors (Lipinski definition) is 4. The van der Waals surface area contributed by atoms with Gasteiger partial charge in [0.25, 0.3) is 5.91 Å². The fraction of sp³-hybridized carbons (Fsp3) is 0.154. The highest BCUT2D eigenvalue weighted by Gasteiger charge is 2.14. The van der Waals surface area contributed by atoms with Crippen molar-refractivity contribution in [3.05, 3.63) is 41.3 Å². The lowest BCUT2D eigenvalue weighted by Crippen LogP contribution is -2.23. The zero-order chi connectivity index (χ0) is 14.1. The minimum atomic E-state index is -0.248. The van der Waals surface area contributed by atoms with Gasteiger partial charge in [0, 0.05) is 28.9 Å². The van der Waals surface area contributed by atoms with E-state index in [0.717, 1.165) is 16.8 Å². The number of nitrogen functional groups attached to an aromatic ring is 1. The Labute approximate surface area is 114 Å². The molecule has 3 aromatic rings. The van der Waals surface area contributed by atoms with Crippen molar-refractivity contribution in [1.29, 1.82) is 0 Å². The highest BCUT2D eigenvalue weighted by atomic mass is 16.1. The molecule has 0 aliphatic rings. The molecule has 0 aliphatic carbocycles. The second-order valence-corrected chi connectivity index (χ2v) is 4.58. The SMILES string of the molecule is Cc1[nH]ncc1CNC(=O)c1n[nH]c2ccc(N)cc12. The van der Waals surface area contributed by atoms with Gasteiger partial charge in [-0.3, -0.25) is 15.0 Å². The number of aromatic nitrogens is 4. The summed E-state index contributed by atoms with van der Waals surface area (Å²) >= 11 is 0. The number of nitrogens with zero attached hydrogens (tertiary/aromatic N) is 2. The van der Waals surface area contributed by atoms with Crippen LogP contribution in [-0.2, 0) is 6.54 Å². The van der Waals surface area contributed by atoms with Gasteiger partial charge in [-0.15, -0.1) is 0 Å². The Morgan fingerprint density at radius 3 is 3.00 bits per heavy atom. The van der Waals surface area contributed by atoms with E-state index >= 15 is 0 Å². The molecule has 0 bridgehead atoms. The first-order valence-corrected chi connectivity index (χ1v) is 6.16. The van der Waals surface area contributed by atoms with Crippen LogP contribution in [0.2, 0.25) is 0 Å². The number of fused-ring (bicyclic) bond motifs is 1. The van der Waals surface area contributed by atoms with Crippen LogP contribution < -0.4 is 11.1 Å². The number of amides is 1. The molecule has 0 atom stereocenters. The number of carbonyl (C=O) groups is 1. The molecule has 1 amide bonds. The van der Waals surface area contributed by atoms with E-state index in [1.54, 1.807) is 24.4 Å². The fourth-order valence-corrected chi connectivity index (χ4v) is 2.02. The van der Waals surface area contributed by atoms with Crippen LogP contribution in [0.15, 0.2) is 24.4 Å². The molecule has 7 heteroatoms. The van der Waals surface area contributed by atoms with Gasteiger partial charge in [0.1, 0.15) is 0 Å². The van der Waals surface area contributed by atoms with Crippen molar-refractivity contribution in [2.45, 2.75) is 13.5 Å². The molecule has 0 radical (unpaired) electrons. The lowest BCUT2D eigenvalue weighted by molar-refractivity contribution is 0.0947. The molecule has 0 aliphatic heterocycles. The number of aromatic amines is 2. The number of nitrogens with one attached hydrogen (secondary N) is 3. The number of carbonyl (C=O) groups excluding carboxylic acids is 1. The van der Waals surface area contributed by atoms with Crippen LogP contribution in [0.1, 0.15) is 21.7 Å². The molecule has 1 aromatic carbocycles. The highest BCUT2D eigenvalue weighted by molar-refractivity contribution is 6.05. The lowest BCUT2D eigenvalue weighted by atomic mass is 10.2. The Morgan fingerprint density at radius 2 is 2.25 bits per heavy atom. The van der Waals surface area contributed by atoms with Gasteiger partial charge in [-0.25, -0.2) is 0 Å². The molecule has 3 rings (SSSR count). The first kappa shape index (κ1) is 12.2. The molecule has 7 nitrogen and oxygen atoms in total. The van der Waals surface area contributed by atoms with Crippen LogP contribution in [0.5, 0.6) is 0 Å². The summed E-state index contributed by atoms with van der Waals surface area (Å²) in [5.74, 6) is -0.248. The van der Waals surface area contributed by atoms with Crippen molar-refractivity contribution in [2.75, 3.05) is 5.73 Å². The number of rotatable bonds is 3. The van der Waals surface area contributed by atoms with Gasteiger partial charge in [-0.2, -0.15) is 10.2 Å². The normalized spacial score (nSPS) is 10.8. The molecule has 2 heterocycles. The van der Waals surface area contributed by atoms with Crippen LogP contribution in [0.25, 0.3) is 10.9 Å². The standard InChI is InChI=1S/C13H14N6O/c1-7-8(6-16-17-7)5-15-13(20)12-10-4-9(14)2-3-11(10)18-19-12/h2-4,6H,5,14H2,1H3,(H,15,20)(H,16,17)(H,18,19). The van der Waals surface area contributed by atoms with Gasteiger partial charge < -0.3 is 11.1 Å². The van der Waals surface area contributed by atoms with Gasteiger partial charge in [0.05, 0.1) is 11.7 Å². The monoisotopic (exact) mass is 270 g/mol. The highest BCUT2D eigenvalue weighted by Crippen LogP contribution is 2.18. The van der Waals surface area contributed by atoms with Crippen molar-refractivity contribution in [3.8, 4) is 0 Å². The quantitative estimate of drug-likeness (QED) is 0.534. The van der Waals surface area contributed by atoms with E-state index in [0.29, 0.717) is 23.3 Å². The summed E-state index contributed by atoms with van der Waals surface area (Å²) in [5, 5.41) is 17.1. The average Bonchev–Trinajstić information content (AvgIpc) is 3.02. The zero-order valence-corrected chi connectivity index (χ0v) is 10.9. The molecule has 0 saturated carbocycles. The molecule has 2 aromatic heterocycles. The van der Waals surface area contributed by atoms with Crippen molar-refractivity contribution in [2.24, 2.45) is 0 Å². The molecule has 102 valence electrons. The van der Waals surface area contributed by atoms with E-state index in [1.807, 2.05) is 6.92 Å². The summed E-state index contributed by atoms with van der Waals surface area (Å²) in [5.41, 5.74) is 9.33. The number of benzene rings is 1. The van der Waals surface area contributed by atoms with Crippen LogP contribution in [-0.4, -0.2) is 26.3 Å². The Hall–Kier alpha value is -2.83. The maximum atomic E-state index is 12.2. The maximum absolute atomic E-state index is 12.2. The number of aryl methyl sites for hydroxylation is 1. The minimum Gasteiger partial charge on any atom is -0.399 e. The Kier molecular flexibility index (Phi) is 2.86. The molecular weight excluding hydrogens is 256 g/mol. The van der Waals surface area contributed by atoms with E-state index < -0.39 is 0 Å². The summed E-state index contributed by atoms with van der Waals surface area (Å²) in [4.78, 5) is 12.2. The minimum absolute atomic E-state index is 0.248. The van der Waals surface area contributed by atoms with Crippen molar-refractivity contribution in [1.82, 2.24) is 25.7 Å². The summed E-state index contributed by atoms with van der Waals surface area (Å²) in [6.07, 6.45) is 1.69. The van der Waals surface area contributed by atoms with Crippen LogP contribution in [0, 0.1) is 6.92 Å². The number of nitrogens with two attached hydrogens (primary N) is 1. The Balaban J connectivity index is 1.82. The predicted octanol–water partition coefficient (Wildman–Crippen LogP) is 1.11. The third-order valence-corrected chi connectivity index (χ3v) is 3.18. The van der Waals surface area contributed by atoms with Crippen LogP contribution in [0.4, 0.5) is 5.69 Å². The second-order valence-electron chi connectivity index (χ2n) is 4.58. The van der Waals surface area contributed by atoms with Crippen molar-refractivity contribution < 1.29 is 4.79 Å². The van der Waals surface area contributed by atoms with Gasteiger partial charge in [-0.1, -0.05) is 0 Å². The molecule has 5 N–H and O–H groups in total. The van der Waals surface area contributed by atoms with Crippen LogP contribution >= 0.6 is 0 Å². The van der Waals surface area contributed by atoms with E-state index in [1.165, 1.54) is 0 Å². The third kappa shape index (κ3) is 2.09. The van der Waals surface area contributed by atoms with E-state index in [4.69, 9.17) is 5.73 Å². The van der Waals surface area contributed by atoms with E-state index in [9.17, 15) is 4.79 Å². The van der Waals surface area contributed by atoms with Gasteiger partial charge >= 0.3 is 0 Å². The molecule has 0 unspecified atom stereocenters. The lowest BCUT2D eigenvalue weighted by Gasteiger charge is -2.02. The molecule has 20 heavy (non-hydrogen) atoms. The topological polar surface area (TPSA) is 112 Å². The maximum Gasteiger partial charge on any atom is 0.272 e. The number of anilines is 1. The summed E-state index contributed by atoms with van der Waals surface area (Å²) < 4.78 is 0. The van der Waals surface area contributed by atoms with Crippen molar-refractivity contribution in [3.63, 3.8) is 0 Å². The summed E-state index contributed by atoms with van der Waals surface area (Å²) in [6.45, 7) is 2.30. The largest absolute Gasteiger partial charge is 0.399 e. The number of H-pyrrole nitrogens is 2. The summed E-state index contributed by atoms with van der Waals surface area (Å²) in [7, 11) is 0. The Morgan fingerprint density at radius 1 is 1.40 bits per heavy atom. The van der Waals surface area contributed by atoms with Gasteiger partial charge in [0.15, 0.2) is 5.69 Å².